The molecule has 0 unspecified atom stereocenters. The van der Waals surface area contributed by atoms with Crippen molar-refractivity contribution in [2.75, 3.05) is 6.61 Å². The molecule has 0 aliphatic rings. The van der Waals surface area contributed by atoms with Crippen molar-refractivity contribution in [1.29, 1.82) is 0 Å². The van der Waals surface area contributed by atoms with E-state index in [1.807, 2.05) is 18.2 Å². The van der Waals surface area contributed by atoms with Crippen LogP contribution in [0.25, 0.3) is 11.0 Å². The van der Waals surface area contributed by atoms with Gasteiger partial charge in [0.2, 0.25) is 5.91 Å². The van der Waals surface area contributed by atoms with Gasteiger partial charge in [0, 0.05) is 12.5 Å². The van der Waals surface area contributed by atoms with Gasteiger partial charge in [-0.15, -0.1) is 0 Å². The Labute approximate surface area is 198 Å². The molecule has 1 aromatic heterocycles. The summed E-state index contributed by atoms with van der Waals surface area (Å²) < 4.78 is 8.20. The number of hydrogen-bond donors (Lipinski definition) is 1. The van der Waals surface area contributed by atoms with Crippen LogP contribution in [-0.2, 0) is 23.3 Å². The predicted molar refractivity (Wildman–Crippen MR) is 136 cm³/mol. The molecule has 3 aromatic rings. The van der Waals surface area contributed by atoms with Gasteiger partial charge in [-0.3, -0.25) is 4.79 Å². The molecule has 0 saturated heterocycles. The highest BCUT2D eigenvalue weighted by Gasteiger charge is 2.16. The third kappa shape index (κ3) is 6.59. The standard InChI is InChI=1S/C28H39N3O2/c1-6-21(7-2)27(32)29-20-26-30-24-12-8-9-13-25(24)31(26)18-10-11-19-33-23-16-14-22(15-17-23)28(3,4)5/h8-9,12-17,21H,6-7,10-11,18-20H2,1-5H3,(H,29,32). The molecule has 0 spiro atoms. The molecular formula is C28H39N3O2. The molecule has 1 N–H and O–H groups in total. The molecule has 0 aliphatic carbocycles. The summed E-state index contributed by atoms with van der Waals surface area (Å²) >= 11 is 0. The summed E-state index contributed by atoms with van der Waals surface area (Å²) in [6, 6.07) is 16.6. The minimum Gasteiger partial charge on any atom is -0.494 e. The van der Waals surface area contributed by atoms with Crippen LogP contribution in [0.2, 0.25) is 0 Å². The van der Waals surface area contributed by atoms with Crippen LogP contribution in [0.4, 0.5) is 0 Å². The molecule has 5 heteroatoms. The molecule has 2 aromatic carbocycles. The molecule has 178 valence electrons. The summed E-state index contributed by atoms with van der Waals surface area (Å²) in [5.74, 6) is 2.01. The van der Waals surface area contributed by atoms with Crippen LogP contribution in [0, 0.1) is 5.92 Å². The minimum atomic E-state index is 0.0671. The Morgan fingerprint density at radius 3 is 2.39 bits per heavy atom. The summed E-state index contributed by atoms with van der Waals surface area (Å²) in [5.41, 5.74) is 3.55. The van der Waals surface area contributed by atoms with E-state index in [2.05, 4.69) is 74.8 Å². The zero-order valence-corrected chi connectivity index (χ0v) is 20.9. The van der Waals surface area contributed by atoms with E-state index in [4.69, 9.17) is 9.72 Å². The molecule has 5 nitrogen and oxygen atoms in total. The molecule has 1 heterocycles. The monoisotopic (exact) mass is 449 g/mol. The Hall–Kier alpha value is -2.82. The van der Waals surface area contributed by atoms with Crippen LogP contribution in [0.5, 0.6) is 5.75 Å². The van der Waals surface area contributed by atoms with Gasteiger partial charge in [0.05, 0.1) is 24.2 Å². The molecule has 0 atom stereocenters. The van der Waals surface area contributed by atoms with Gasteiger partial charge in [-0.25, -0.2) is 4.98 Å². The number of ether oxygens (including phenoxy) is 1. The van der Waals surface area contributed by atoms with E-state index in [0.717, 1.165) is 54.8 Å². The van der Waals surface area contributed by atoms with Gasteiger partial charge in [-0.2, -0.15) is 0 Å². The van der Waals surface area contributed by atoms with Gasteiger partial charge in [-0.05, 0) is 60.9 Å². The van der Waals surface area contributed by atoms with E-state index in [0.29, 0.717) is 13.2 Å². The first-order valence-corrected chi connectivity index (χ1v) is 12.3. The number of rotatable bonds is 11. The number of aryl methyl sites for hydroxylation is 1. The van der Waals surface area contributed by atoms with E-state index in [-0.39, 0.29) is 17.2 Å². The van der Waals surface area contributed by atoms with Crippen molar-refractivity contribution in [3.05, 3.63) is 59.9 Å². The van der Waals surface area contributed by atoms with Gasteiger partial charge in [0.1, 0.15) is 11.6 Å². The first-order chi connectivity index (χ1) is 15.8. The van der Waals surface area contributed by atoms with Crippen molar-refractivity contribution in [3.8, 4) is 5.75 Å². The molecular weight excluding hydrogens is 410 g/mol. The highest BCUT2D eigenvalue weighted by molar-refractivity contribution is 5.79. The number of carbonyl (C=O) groups is 1. The normalized spacial score (nSPS) is 11.8. The number of imidazole rings is 1. The lowest BCUT2D eigenvalue weighted by atomic mass is 9.87. The molecule has 0 radical (unpaired) electrons. The lowest BCUT2D eigenvalue weighted by Crippen LogP contribution is -2.30. The Balaban J connectivity index is 1.56. The number of benzene rings is 2. The number of nitrogens with one attached hydrogen (secondary N) is 1. The molecule has 0 bridgehead atoms. The van der Waals surface area contributed by atoms with Crippen LogP contribution in [0.15, 0.2) is 48.5 Å². The summed E-state index contributed by atoms with van der Waals surface area (Å²) in [6.07, 6.45) is 3.65. The molecule has 0 fully saturated rings. The molecule has 33 heavy (non-hydrogen) atoms. The number of nitrogens with zero attached hydrogens (tertiary/aromatic N) is 2. The second-order valence-electron chi connectivity index (χ2n) is 9.73. The van der Waals surface area contributed by atoms with Crippen molar-refractivity contribution in [1.82, 2.24) is 14.9 Å². The third-order valence-electron chi connectivity index (χ3n) is 6.28. The molecule has 0 aliphatic heterocycles. The van der Waals surface area contributed by atoms with E-state index < -0.39 is 0 Å². The number of carbonyl (C=O) groups excluding carboxylic acids is 1. The highest BCUT2D eigenvalue weighted by Crippen LogP contribution is 2.24. The SMILES string of the molecule is CCC(CC)C(=O)NCc1nc2ccccc2n1CCCCOc1ccc(C(C)(C)C)cc1. The predicted octanol–water partition coefficient (Wildman–Crippen LogP) is 6.25. The zero-order chi connectivity index (χ0) is 23.8. The first kappa shape index (κ1) is 24.8. The van der Waals surface area contributed by atoms with Gasteiger partial charge in [-0.1, -0.05) is 58.9 Å². The number of para-hydroxylation sites is 2. The van der Waals surface area contributed by atoms with E-state index in [1.165, 1.54) is 5.56 Å². The van der Waals surface area contributed by atoms with Gasteiger partial charge >= 0.3 is 0 Å². The number of hydrogen-bond acceptors (Lipinski definition) is 3. The minimum absolute atomic E-state index is 0.0671. The smallest absolute Gasteiger partial charge is 0.223 e. The van der Waals surface area contributed by atoms with Crippen molar-refractivity contribution in [2.24, 2.45) is 5.92 Å². The fraction of sp³-hybridized carbons (Fsp3) is 0.500. The average molecular weight is 450 g/mol. The number of aromatic nitrogens is 2. The number of fused-ring (bicyclic) bond motifs is 1. The molecule has 1 amide bonds. The Morgan fingerprint density at radius 1 is 1.03 bits per heavy atom. The summed E-state index contributed by atoms with van der Waals surface area (Å²) in [5, 5.41) is 3.09. The fourth-order valence-corrected chi connectivity index (χ4v) is 4.09. The highest BCUT2D eigenvalue weighted by atomic mass is 16.5. The van der Waals surface area contributed by atoms with E-state index >= 15 is 0 Å². The van der Waals surface area contributed by atoms with Crippen molar-refractivity contribution in [3.63, 3.8) is 0 Å². The van der Waals surface area contributed by atoms with Crippen LogP contribution in [0.3, 0.4) is 0 Å². The van der Waals surface area contributed by atoms with Crippen molar-refractivity contribution in [2.45, 2.75) is 78.8 Å². The van der Waals surface area contributed by atoms with Crippen molar-refractivity contribution < 1.29 is 9.53 Å². The lowest BCUT2D eigenvalue weighted by molar-refractivity contribution is -0.125. The Bertz CT molecular complexity index is 1030. The fourth-order valence-electron chi connectivity index (χ4n) is 4.09. The van der Waals surface area contributed by atoms with Crippen molar-refractivity contribution >= 4 is 16.9 Å². The van der Waals surface area contributed by atoms with Crippen LogP contribution in [-0.4, -0.2) is 22.1 Å². The maximum Gasteiger partial charge on any atom is 0.223 e. The second kappa shape index (κ2) is 11.4. The molecule has 0 saturated carbocycles. The third-order valence-corrected chi connectivity index (χ3v) is 6.28. The van der Waals surface area contributed by atoms with Crippen LogP contribution in [0.1, 0.15) is 71.7 Å². The Kier molecular flexibility index (Phi) is 8.54. The second-order valence-corrected chi connectivity index (χ2v) is 9.73. The number of amides is 1. The van der Waals surface area contributed by atoms with Gasteiger partial charge in [0.25, 0.3) is 0 Å². The summed E-state index contributed by atoms with van der Waals surface area (Å²) in [7, 11) is 0. The largest absolute Gasteiger partial charge is 0.494 e. The van der Waals surface area contributed by atoms with Gasteiger partial charge < -0.3 is 14.6 Å². The maximum atomic E-state index is 12.5. The maximum absolute atomic E-state index is 12.5. The molecule has 3 rings (SSSR count). The summed E-state index contributed by atoms with van der Waals surface area (Å²) in [4.78, 5) is 17.2. The quantitative estimate of drug-likeness (QED) is 0.352. The van der Waals surface area contributed by atoms with Crippen LogP contribution < -0.4 is 10.1 Å². The zero-order valence-electron chi connectivity index (χ0n) is 20.9. The van der Waals surface area contributed by atoms with E-state index in [1.54, 1.807) is 0 Å². The lowest BCUT2D eigenvalue weighted by Gasteiger charge is -2.19. The number of unbranched alkanes of at least 4 members (excludes halogenated alkanes) is 1. The average Bonchev–Trinajstić information content (AvgIpc) is 3.15. The van der Waals surface area contributed by atoms with Crippen LogP contribution >= 0.6 is 0 Å². The topological polar surface area (TPSA) is 56.2 Å². The van der Waals surface area contributed by atoms with E-state index in [9.17, 15) is 4.79 Å². The first-order valence-electron chi connectivity index (χ1n) is 12.3. The summed E-state index contributed by atoms with van der Waals surface area (Å²) in [6.45, 7) is 12.8. The van der Waals surface area contributed by atoms with Gasteiger partial charge in [0.15, 0.2) is 0 Å². The Morgan fingerprint density at radius 2 is 1.73 bits per heavy atom.